The first kappa shape index (κ1) is 47.4. The SMILES string of the molecule is CCCCCCCCCCCCCCCCCCC(=O)OC[C@H](COC(C)=O)OC(=O)CCCCCCCCCCCCCCCCCC. The second kappa shape index (κ2) is 39.2. The minimum Gasteiger partial charge on any atom is -0.462 e. The third-order valence-corrected chi connectivity index (χ3v) is 9.67. The molecule has 0 bridgehead atoms. The van der Waals surface area contributed by atoms with Crippen molar-refractivity contribution >= 4 is 17.9 Å². The van der Waals surface area contributed by atoms with E-state index in [9.17, 15) is 14.4 Å². The molecule has 0 amide bonds. The van der Waals surface area contributed by atoms with Gasteiger partial charge in [0.25, 0.3) is 0 Å². The Hall–Kier alpha value is -1.59. The lowest BCUT2D eigenvalue weighted by Gasteiger charge is -2.18. The first-order valence-corrected chi connectivity index (χ1v) is 21.5. The van der Waals surface area contributed by atoms with Crippen LogP contribution in [0, 0.1) is 0 Å². The van der Waals surface area contributed by atoms with E-state index in [1.807, 2.05) is 0 Å². The molecule has 290 valence electrons. The zero-order chi connectivity index (χ0) is 35.9. The maximum atomic E-state index is 12.4. The lowest BCUT2D eigenvalue weighted by molar-refractivity contribution is -0.166. The van der Waals surface area contributed by atoms with E-state index in [0.29, 0.717) is 12.8 Å². The molecule has 0 spiro atoms. The largest absolute Gasteiger partial charge is 0.462 e. The Balaban J connectivity index is 3.76. The van der Waals surface area contributed by atoms with Crippen LogP contribution < -0.4 is 0 Å². The molecule has 0 aromatic carbocycles. The second-order valence-corrected chi connectivity index (χ2v) is 14.7. The highest BCUT2D eigenvalue weighted by atomic mass is 16.6. The molecule has 0 aliphatic heterocycles. The normalized spacial score (nSPS) is 11.8. The fourth-order valence-corrected chi connectivity index (χ4v) is 6.46. The molecule has 0 fully saturated rings. The van der Waals surface area contributed by atoms with Crippen LogP contribution in [0.2, 0.25) is 0 Å². The predicted octanol–water partition coefficient (Wildman–Crippen LogP) is 13.3. The highest BCUT2D eigenvalue weighted by molar-refractivity contribution is 5.70. The fourth-order valence-electron chi connectivity index (χ4n) is 6.46. The quantitative estimate of drug-likeness (QED) is 0.0362. The second-order valence-electron chi connectivity index (χ2n) is 14.7. The Labute approximate surface area is 304 Å². The van der Waals surface area contributed by atoms with Crippen LogP contribution in [-0.4, -0.2) is 37.2 Å². The first-order chi connectivity index (χ1) is 24.0. The molecular weight excluding hydrogens is 612 g/mol. The number of esters is 3. The van der Waals surface area contributed by atoms with E-state index in [2.05, 4.69) is 13.8 Å². The molecular formula is C43H82O6. The van der Waals surface area contributed by atoms with E-state index in [1.54, 1.807) is 0 Å². The molecule has 0 N–H and O–H groups in total. The molecule has 0 radical (unpaired) electrons. The summed E-state index contributed by atoms with van der Waals surface area (Å²) in [5.74, 6) is -1.05. The van der Waals surface area contributed by atoms with Gasteiger partial charge in [0.15, 0.2) is 6.10 Å². The number of hydrogen-bond donors (Lipinski definition) is 0. The number of carbonyl (C=O) groups is 3. The van der Waals surface area contributed by atoms with Gasteiger partial charge in [-0.25, -0.2) is 0 Å². The summed E-state index contributed by atoms with van der Waals surface area (Å²) in [6.07, 6.45) is 41.2. The molecule has 0 saturated heterocycles. The first-order valence-electron chi connectivity index (χ1n) is 21.5. The molecule has 1 atom stereocenters. The standard InChI is InChI=1S/C43H82O6/c1-4-6-8-10-12-14-16-18-20-22-24-26-28-30-32-34-36-42(45)48-39-41(38-47-40(3)44)49-43(46)37-35-33-31-29-27-25-23-21-19-17-15-13-11-9-7-5-2/h41H,4-39H2,1-3H3/t41-/m0/s1. The Morgan fingerprint density at radius 3 is 0.939 bits per heavy atom. The van der Waals surface area contributed by atoms with Crippen LogP contribution in [0.4, 0.5) is 0 Å². The van der Waals surface area contributed by atoms with Gasteiger partial charge in [0.1, 0.15) is 13.2 Å². The summed E-state index contributed by atoms with van der Waals surface area (Å²) in [5.41, 5.74) is 0. The minimum atomic E-state index is -0.757. The molecule has 0 aromatic heterocycles. The number of hydrogen-bond acceptors (Lipinski definition) is 6. The Morgan fingerprint density at radius 1 is 0.367 bits per heavy atom. The highest BCUT2D eigenvalue weighted by Gasteiger charge is 2.18. The van der Waals surface area contributed by atoms with Crippen molar-refractivity contribution < 1.29 is 28.6 Å². The van der Waals surface area contributed by atoms with Gasteiger partial charge in [-0.1, -0.05) is 206 Å². The van der Waals surface area contributed by atoms with E-state index in [4.69, 9.17) is 14.2 Å². The number of ether oxygens (including phenoxy) is 3. The van der Waals surface area contributed by atoms with Crippen molar-refractivity contribution in [2.24, 2.45) is 0 Å². The van der Waals surface area contributed by atoms with E-state index < -0.39 is 12.1 Å². The van der Waals surface area contributed by atoms with Crippen LogP contribution in [0.1, 0.15) is 239 Å². The molecule has 0 aliphatic rings. The van der Waals surface area contributed by atoms with Crippen LogP contribution in [0.25, 0.3) is 0 Å². The molecule has 0 unspecified atom stereocenters. The van der Waals surface area contributed by atoms with Crippen molar-refractivity contribution in [3.63, 3.8) is 0 Å². The zero-order valence-electron chi connectivity index (χ0n) is 33.0. The Morgan fingerprint density at radius 2 is 0.633 bits per heavy atom. The average Bonchev–Trinajstić information content (AvgIpc) is 3.09. The molecule has 6 heteroatoms. The highest BCUT2D eigenvalue weighted by Crippen LogP contribution is 2.16. The van der Waals surface area contributed by atoms with Crippen LogP contribution in [0.15, 0.2) is 0 Å². The smallest absolute Gasteiger partial charge is 0.306 e. The summed E-state index contributed by atoms with van der Waals surface area (Å²) in [5, 5.41) is 0. The van der Waals surface area contributed by atoms with E-state index in [1.165, 1.54) is 174 Å². The maximum absolute atomic E-state index is 12.4. The summed E-state index contributed by atoms with van der Waals surface area (Å²) in [6.45, 7) is 5.70. The maximum Gasteiger partial charge on any atom is 0.306 e. The average molecular weight is 695 g/mol. The van der Waals surface area contributed by atoms with Crippen molar-refractivity contribution in [1.29, 1.82) is 0 Å². The predicted molar refractivity (Wildman–Crippen MR) is 206 cm³/mol. The number of carbonyl (C=O) groups excluding carboxylic acids is 3. The van der Waals surface area contributed by atoms with Gasteiger partial charge >= 0.3 is 17.9 Å². The third kappa shape index (κ3) is 39.1. The summed E-state index contributed by atoms with van der Waals surface area (Å²) in [6, 6.07) is 0. The van der Waals surface area contributed by atoms with Crippen LogP contribution in [0.3, 0.4) is 0 Å². The van der Waals surface area contributed by atoms with Crippen molar-refractivity contribution in [2.45, 2.75) is 245 Å². The van der Waals surface area contributed by atoms with Gasteiger partial charge in [-0.15, -0.1) is 0 Å². The monoisotopic (exact) mass is 695 g/mol. The minimum absolute atomic E-state index is 0.0737. The van der Waals surface area contributed by atoms with Crippen LogP contribution in [-0.2, 0) is 28.6 Å². The van der Waals surface area contributed by atoms with Gasteiger partial charge in [0.05, 0.1) is 0 Å². The molecule has 0 rings (SSSR count). The molecule has 0 aliphatic carbocycles. The lowest BCUT2D eigenvalue weighted by Crippen LogP contribution is -2.30. The van der Waals surface area contributed by atoms with Crippen molar-refractivity contribution in [2.75, 3.05) is 13.2 Å². The lowest BCUT2D eigenvalue weighted by atomic mass is 10.0. The summed E-state index contributed by atoms with van der Waals surface area (Å²) >= 11 is 0. The summed E-state index contributed by atoms with van der Waals surface area (Å²) in [7, 11) is 0. The molecule has 0 heterocycles. The van der Waals surface area contributed by atoms with Crippen molar-refractivity contribution in [3.05, 3.63) is 0 Å². The van der Waals surface area contributed by atoms with Crippen molar-refractivity contribution in [3.8, 4) is 0 Å². The molecule has 49 heavy (non-hydrogen) atoms. The van der Waals surface area contributed by atoms with Gasteiger partial charge < -0.3 is 14.2 Å². The Bertz CT molecular complexity index is 723. The number of unbranched alkanes of at least 4 members (excludes halogenated alkanes) is 30. The van der Waals surface area contributed by atoms with E-state index in [0.717, 1.165) is 38.5 Å². The van der Waals surface area contributed by atoms with Gasteiger partial charge in [0.2, 0.25) is 0 Å². The summed E-state index contributed by atoms with van der Waals surface area (Å²) < 4.78 is 16.0. The zero-order valence-corrected chi connectivity index (χ0v) is 33.0. The van der Waals surface area contributed by atoms with Crippen LogP contribution in [0.5, 0.6) is 0 Å². The van der Waals surface area contributed by atoms with Gasteiger partial charge in [-0.05, 0) is 12.8 Å². The number of rotatable bonds is 39. The van der Waals surface area contributed by atoms with Crippen molar-refractivity contribution in [1.82, 2.24) is 0 Å². The van der Waals surface area contributed by atoms with Crippen LogP contribution >= 0.6 is 0 Å². The molecule has 6 nitrogen and oxygen atoms in total. The van der Waals surface area contributed by atoms with E-state index >= 15 is 0 Å². The van der Waals surface area contributed by atoms with Gasteiger partial charge in [-0.2, -0.15) is 0 Å². The third-order valence-electron chi connectivity index (χ3n) is 9.67. The molecule has 0 aromatic rings. The topological polar surface area (TPSA) is 78.9 Å². The van der Waals surface area contributed by atoms with Gasteiger partial charge in [0, 0.05) is 19.8 Å². The fraction of sp³-hybridized carbons (Fsp3) is 0.930. The summed E-state index contributed by atoms with van der Waals surface area (Å²) in [4.78, 5) is 36.0. The molecule has 0 saturated carbocycles. The van der Waals surface area contributed by atoms with Gasteiger partial charge in [-0.3, -0.25) is 14.4 Å². The van der Waals surface area contributed by atoms with E-state index in [-0.39, 0.29) is 25.2 Å². The Kier molecular flexibility index (Phi) is 37.9.